The fourth-order valence-corrected chi connectivity index (χ4v) is 2.70. The third-order valence-corrected chi connectivity index (χ3v) is 4.69. The zero-order chi connectivity index (χ0) is 13.3. The first-order valence-electron chi connectivity index (χ1n) is 5.48. The van der Waals surface area contributed by atoms with Gasteiger partial charge in [-0.2, -0.15) is 0 Å². The van der Waals surface area contributed by atoms with Crippen LogP contribution in [0.2, 0.25) is 10.0 Å². The molecule has 2 N–H and O–H groups in total. The van der Waals surface area contributed by atoms with Gasteiger partial charge in [0.05, 0.1) is 21.1 Å². The smallest absolute Gasteiger partial charge is 0.201 e. The van der Waals surface area contributed by atoms with Crippen LogP contribution in [0.25, 0.3) is 11.0 Å². The highest BCUT2D eigenvalue weighted by Gasteiger charge is 2.11. The van der Waals surface area contributed by atoms with Crippen LogP contribution >= 0.6 is 23.2 Å². The van der Waals surface area contributed by atoms with Crippen molar-refractivity contribution in [1.82, 2.24) is 9.55 Å². The van der Waals surface area contributed by atoms with Crippen molar-refractivity contribution in [1.29, 1.82) is 0 Å². The van der Waals surface area contributed by atoms with Gasteiger partial charge < -0.3 is 10.3 Å². The van der Waals surface area contributed by atoms with Gasteiger partial charge in [0.2, 0.25) is 5.95 Å². The molecular weight excluding hydrogens is 293 g/mol. The molecular formula is C11H13Cl2N3OS. The zero-order valence-corrected chi connectivity index (χ0v) is 12.1. The summed E-state index contributed by atoms with van der Waals surface area (Å²) in [7, 11) is -0.836. The van der Waals surface area contributed by atoms with Gasteiger partial charge in [-0.05, 0) is 12.1 Å². The minimum absolute atomic E-state index is 0.386. The Kier molecular flexibility index (Phi) is 4.14. The van der Waals surface area contributed by atoms with Gasteiger partial charge in [0, 0.05) is 28.9 Å². The monoisotopic (exact) mass is 305 g/mol. The molecule has 0 fully saturated rings. The maximum atomic E-state index is 11.5. The van der Waals surface area contributed by atoms with E-state index in [4.69, 9.17) is 28.9 Å². The fraction of sp³-hybridized carbons (Fsp3) is 0.364. The van der Waals surface area contributed by atoms with Crippen molar-refractivity contribution in [3.63, 3.8) is 0 Å². The van der Waals surface area contributed by atoms with Crippen LogP contribution in [-0.2, 0) is 17.3 Å². The van der Waals surface area contributed by atoms with Crippen LogP contribution in [-0.4, -0.2) is 25.3 Å². The second-order valence-electron chi connectivity index (χ2n) is 3.81. The van der Waals surface area contributed by atoms with Crippen LogP contribution in [0.4, 0.5) is 5.95 Å². The highest BCUT2D eigenvalue weighted by atomic mass is 35.5. The van der Waals surface area contributed by atoms with Gasteiger partial charge >= 0.3 is 0 Å². The first kappa shape index (κ1) is 13.6. The van der Waals surface area contributed by atoms with Gasteiger partial charge in [0.25, 0.3) is 0 Å². The van der Waals surface area contributed by atoms with Crippen molar-refractivity contribution >= 4 is 51.0 Å². The summed E-state index contributed by atoms with van der Waals surface area (Å²) in [6.45, 7) is 2.45. The number of hydrogen-bond donors (Lipinski definition) is 1. The van der Waals surface area contributed by atoms with Gasteiger partial charge in [0.1, 0.15) is 0 Å². The third kappa shape index (κ3) is 2.63. The molecule has 0 spiro atoms. The number of imidazole rings is 1. The predicted octanol–water partition coefficient (Wildman–Crippen LogP) is 2.69. The van der Waals surface area contributed by atoms with Crippen LogP contribution in [0.5, 0.6) is 0 Å². The van der Waals surface area contributed by atoms with Crippen LogP contribution < -0.4 is 5.73 Å². The molecule has 1 aromatic carbocycles. The van der Waals surface area contributed by atoms with E-state index >= 15 is 0 Å². The standard InChI is InChI=1S/C11H13Cl2N3OS/c1-2-18(17)4-3-16-10-6-8(13)7(12)5-9(10)15-11(16)14/h5-6H,2-4H2,1H3,(H2,14,15). The van der Waals surface area contributed by atoms with E-state index < -0.39 is 10.8 Å². The Bertz CT molecular complexity index is 612. The number of halogens is 2. The molecule has 0 bridgehead atoms. The first-order valence-corrected chi connectivity index (χ1v) is 7.73. The maximum Gasteiger partial charge on any atom is 0.201 e. The van der Waals surface area contributed by atoms with Crippen molar-refractivity contribution in [2.24, 2.45) is 0 Å². The molecule has 2 rings (SSSR count). The summed E-state index contributed by atoms with van der Waals surface area (Å²) in [5.41, 5.74) is 7.36. The summed E-state index contributed by atoms with van der Waals surface area (Å²) in [4.78, 5) is 4.22. The van der Waals surface area contributed by atoms with Crippen molar-refractivity contribution in [3.05, 3.63) is 22.2 Å². The van der Waals surface area contributed by atoms with Gasteiger partial charge in [0.15, 0.2) is 0 Å². The fourth-order valence-electron chi connectivity index (χ4n) is 1.71. The molecule has 1 heterocycles. The molecule has 2 aromatic rings. The Morgan fingerprint density at radius 1 is 1.39 bits per heavy atom. The van der Waals surface area contributed by atoms with E-state index in [1.807, 2.05) is 11.5 Å². The predicted molar refractivity (Wildman–Crippen MR) is 77.7 cm³/mol. The Balaban J connectivity index is 2.40. The number of benzene rings is 1. The Labute approximate surface area is 118 Å². The maximum absolute atomic E-state index is 11.5. The molecule has 0 aliphatic heterocycles. The van der Waals surface area contributed by atoms with Crippen LogP contribution in [0, 0.1) is 0 Å². The lowest BCUT2D eigenvalue weighted by Gasteiger charge is -2.06. The summed E-state index contributed by atoms with van der Waals surface area (Å²) in [5.74, 6) is 1.57. The van der Waals surface area contributed by atoms with Crippen molar-refractivity contribution in [3.8, 4) is 0 Å². The van der Waals surface area contributed by atoms with Gasteiger partial charge in [-0.25, -0.2) is 4.98 Å². The Morgan fingerprint density at radius 3 is 2.72 bits per heavy atom. The molecule has 0 radical (unpaired) electrons. The third-order valence-electron chi connectivity index (χ3n) is 2.68. The number of aromatic nitrogens is 2. The number of fused-ring (bicyclic) bond motifs is 1. The number of hydrogen-bond acceptors (Lipinski definition) is 3. The first-order chi connectivity index (χ1) is 8.52. The highest BCUT2D eigenvalue weighted by Crippen LogP contribution is 2.28. The summed E-state index contributed by atoms with van der Waals surface area (Å²) in [6, 6.07) is 3.42. The zero-order valence-electron chi connectivity index (χ0n) is 9.82. The summed E-state index contributed by atoms with van der Waals surface area (Å²) >= 11 is 11.9. The molecule has 18 heavy (non-hydrogen) atoms. The molecule has 0 aliphatic carbocycles. The lowest BCUT2D eigenvalue weighted by atomic mass is 10.3. The second-order valence-corrected chi connectivity index (χ2v) is 6.49. The highest BCUT2D eigenvalue weighted by molar-refractivity contribution is 7.84. The minimum Gasteiger partial charge on any atom is -0.369 e. The number of nitrogens with zero attached hydrogens (tertiary/aromatic N) is 2. The SMILES string of the molecule is CCS(=O)CCn1c(N)nc2cc(Cl)c(Cl)cc21. The molecule has 98 valence electrons. The van der Waals surface area contributed by atoms with E-state index in [-0.39, 0.29) is 0 Å². The number of rotatable bonds is 4. The van der Waals surface area contributed by atoms with E-state index in [1.54, 1.807) is 12.1 Å². The largest absolute Gasteiger partial charge is 0.369 e. The summed E-state index contributed by atoms with van der Waals surface area (Å²) in [5, 5.41) is 0.910. The molecule has 0 saturated heterocycles. The van der Waals surface area contributed by atoms with Crippen LogP contribution in [0.3, 0.4) is 0 Å². The Morgan fingerprint density at radius 2 is 2.06 bits per heavy atom. The lowest BCUT2D eigenvalue weighted by Crippen LogP contribution is -2.11. The van der Waals surface area contributed by atoms with E-state index in [1.165, 1.54) is 0 Å². The summed E-state index contributed by atoms with van der Waals surface area (Å²) < 4.78 is 13.3. The number of nitrogens with two attached hydrogens (primary N) is 1. The average molecular weight is 306 g/mol. The van der Waals surface area contributed by atoms with Crippen molar-refractivity contribution < 1.29 is 4.21 Å². The molecule has 0 amide bonds. The van der Waals surface area contributed by atoms with E-state index in [9.17, 15) is 4.21 Å². The average Bonchev–Trinajstić information content (AvgIpc) is 2.62. The molecule has 0 saturated carbocycles. The summed E-state index contributed by atoms with van der Waals surface area (Å²) in [6.07, 6.45) is 0. The topological polar surface area (TPSA) is 60.9 Å². The van der Waals surface area contributed by atoms with Crippen LogP contribution in [0.15, 0.2) is 12.1 Å². The second kappa shape index (κ2) is 5.47. The lowest BCUT2D eigenvalue weighted by molar-refractivity contribution is 0.677. The van der Waals surface area contributed by atoms with Gasteiger partial charge in [-0.1, -0.05) is 30.1 Å². The van der Waals surface area contributed by atoms with Gasteiger partial charge in [-0.15, -0.1) is 0 Å². The Hall–Kier alpha value is -0.780. The van der Waals surface area contributed by atoms with Crippen molar-refractivity contribution in [2.45, 2.75) is 13.5 Å². The van der Waals surface area contributed by atoms with E-state index in [2.05, 4.69) is 4.98 Å². The van der Waals surface area contributed by atoms with Gasteiger partial charge in [-0.3, -0.25) is 4.21 Å². The molecule has 1 unspecified atom stereocenters. The molecule has 1 atom stereocenters. The number of aryl methyl sites for hydroxylation is 1. The number of nitrogen functional groups attached to an aromatic ring is 1. The number of anilines is 1. The molecule has 4 nitrogen and oxygen atoms in total. The molecule has 1 aromatic heterocycles. The minimum atomic E-state index is -0.836. The molecule has 0 aliphatic rings. The van der Waals surface area contributed by atoms with Crippen molar-refractivity contribution in [2.75, 3.05) is 17.2 Å². The normalized spacial score (nSPS) is 13.1. The molecule has 7 heteroatoms. The van der Waals surface area contributed by atoms with E-state index in [0.29, 0.717) is 39.6 Å². The van der Waals surface area contributed by atoms with Crippen LogP contribution in [0.1, 0.15) is 6.92 Å². The van der Waals surface area contributed by atoms with E-state index in [0.717, 1.165) is 5.52 Å². The quantitative estimate of drug-likeness (QED) is 0.944.